The summed E-state index contributed by atoms with van der Waals surface area (Å²) in [6.07, 6.45) is -5.72. The molecule has 4 saturated carbocycles. The molecule has 4 aliphatic carbocycles. The molecule has 28 heteroatoms. The molecule has 4 fully saturated rings. The Labute approximate surface area is 560 Å². The molecule has 4 aromatic rings. The van der Waals surface area contributed by atoms with Gasteiger partial charge in [-0.05, 0) is 167 Å². The molecular weight excluding hydrogens is 1360 g/mol. The number of unbranched alkanes of at least 4 members (excludes halogenated alkanes) is 2. The van der Waals surface area contributed by atoms with Crippen molar-refractivity contribution in [3.63, 3.8) is 0 Å². The van der Waals surface area contributed by atoms with Crippen LogP contribution in [0.4, 0.5) is 87.8 Å². The van der Waals surface area contributed by atoms with Crippen molar-refractivity contribution in [1.29, 1.82) is 0 Å². The molecule has 0 spiro atoms. The molecule has 0 heterocycles. The molecule has 3 N–H and O–H groups in total. The molecule has 0 aromatic heterocycles. The molecule has 0 bridgehead atoms. The lowest BCUT2D eigenvalue weighted by atomic mass is 9.66. The van der Waals surface area contributed by atoms with Crippen LogP contribution in [0.2, 0.25) is 0 Å². The Morgan fingerprint density at radius 2 is 0.646 bits per heavy atom. The molecule has 554 valence electrons. The Morgan fingerprint density at radius 3 is 0.899 bits per heavy atom. The van der Waals surface area contributed by atoms with E-state index in [0.717, 1.165) is 119 Å². The van der Waals surface area contributed by atoms with Gasteiger partial charge in [0.2, 0.25) is 0 Å². The van der Waals surface area contributed by atoms with Gasteiger partial charge >= 0.3 is 72.3 Å². The molecule has 99 heavy (non-hydrogen) atoms. The van der Waals surface area contributed by atoms with E-state index in [9.17, 15) is 122 Å². The number of hydrogen-bond donors (Lipinski definition) is 3. The van der Waals surface area contributed by atoms with Crippen LogP contribution in [0.3, 0.4) is 0 Å². The predicted molar refractivity (Wildman–Crippen MR) is 325 cm³/mol. The number of benzene rings is 4. The third kappa shape index (κ3) is 19.5. The minimum absolute atomic E-state index is 0.0321. The molecule has 0 aliphatic heterocycles. The fraction of sp³-hybridized carbons (Fsp3) is 0.606. The first-order valence-electron chi connectivity index (χ1n) is 32.9. The van der Waals surface area contributed by atoms with Crippen LogP contribution in [0, 0.1) is 29.6 Å². The predicted octanol–water partition coefficient (Wildman–Crippen LogP) is 22.4. The normalized spacial score (nSPS) is 24.3. The third-order valence-corrected chi connectivity index (χ3v) is 20.2. The largest absolute Gasteiger partial charge is 0.481 e. The summed E-state index contributed by atoms with van der Waals surface area (Å²) in [6, 6.07) is 13.9. The second kappa shape index (κ2) is 33.0. The number of aliphatic carboxylic acids is 3. The van der Waals surface area contributed by atoms with Crippen LogP contribution in [0.5, 0.6) is 5.75 Å². The molecule has 0 radical (unpaired) electrons. The highest BCUT2D eigenvalue weighted by Gasteiger charge is 2.62. The Hall–Kier alpha value is -6.64. The van der Waals surface area contributed by atoms with Gasteiger partial charge in [0.1, 0.15) is 5.75 Å². The number of carbonyl (C=O) groups excluding carboxylic acids is 1. The number of carboxylic acids is 3. The molecule has 4 aliphatic rings. The summed E-state index contributed by atoms with van der Waals surface area (Å²) in [6.45, 7) is 8.29. The number of ether oxygens (including phenoxy) is 1. The van der Waals surface area contributed by atoms with E-state index in [4.69, 9.17) is 4.74 Å². The van der Waals surface area contributed by atoms with Gasteiger partial charge in [0.25, 0.3) is 0 Å². The number of halogens is 20. The Balaban J connectivity index is 0.000000239. The van der Waals surface area contributed by atoms with Crippen molar-refractivity contribution in [3.05, 3.63) is 136 Å². The van der Waals surface area contributed by atoms with Crippen LogP contribution in [-0.4, -0.2) is 63.9 Å². The van der Waals surface area contributed by atoms with E-state index in [0.29, 0.717) is 155 Å². The monoisotopic (exact) mass is 1440 g/mol. The van der Waals surface area contributed by atoms with Crippen LogP contribution in [0.15, 0.2) is 97.1 Å². The minimum Gasteiger partial charge on any atom is -0.481 e. The summed E-state index contributed by atoms with van der Waals surface area (Å²) in [4.78, 5) is 47.6. The summed E-state index contributed by atoms with van der Waals surface area (Å²) in [7, 11) is 0. The minimum atomic E-state index is -5.68. The molecule has 8 rings (SSSR count). The van der Waals surface area contributed by atoms with E-state index < -0.39 is 111 Å². The van der Waals surface area contributed by atoms with Crippen LogP contribution < -0.4 is 4.74 Å². The number of esters is 1. The lowest BCUT2D eigenvalue weighted by molar-refractivity contribution is -0.289. The van der Waals surface area contributed by atoms with Crippen molar-refractivity contribution in [2.24, 2.45) is 29.6 Å². The first kappa shape index (κ1) is 83.0. The van der Waals surface area contributed by atoms with Crippen LogP contribution in [0.1, 0.15) is 214 Å². The Morgan fingerprint density at radius 1 is 0.374 bits per heavy atom. The topological polar surface area (TPSA) is 138 Å². The second-order valence-corrected chi connectivity index (χ2v) is 26.6. The maximum Gasteiger partial charge on any atom is 0.458 e. The number of rotatable bonds is 19. The van der Waals surface area contributed by atoms with Gasteiger partial charge in [0.05, 0.1) is 22.2 Å². The summed E-state index contributed by atoms with van der Waals surface area (Å²) >= 11 is 0. The molecule has 8 nitrogen and oxygen atoms in total. The SMILES string of the molecule is CC1CCC(C(=O)Oc2ccc(C(F)(F)C(F)(F)F)cc2)CC1.CCC1CCC(C(=O)O)(c2ccc(C(F)(F)C(F)(F)F)cc2)CC1.CCCC1CCC(C(=O)O)(c2ccc(C(F)(F)C(F)(F)F)cc2)CC1.CCCCCC1CCC(C(=O)O)(c2ccc(C(F)(F)C(F)(F)F)cc2)CC1. The number of carboxylic acid groups (broad SMARTS) is 3. The van der Waals surface area contributed by atoms with Gasteiger partial charge in [-0.2, -0.15) is 87.8 Å². The average molecular weight is 1440 g/mol. The van der Waals surface area contributed by atoms with E-state index in [2.05, 4.69) is 20.8 Å². The van der Waals surface area contributed by atoms with Gasteiger partial charge in [-0.15, -0.1) is 0 Å². The second-order valence-electron chi connectivity index (χ2n) is 26.6. The first-order chi connectivity index (χ1) is 45.7. The maximum absolute atomic E-state index is 13.4. The van der Waals surface area contributed by atoms with E-state index in [1.807, 2.05) is 6.92 Å². The third-order valence-electron chi connectivity index (χ3n) is 20.2. The first-order valence-corrected chi connectivity index (χ1v) is 32.9. The smallest absolute Gasteiger partial charge is 0.458 e. The summed E-state index contributed by atoms with van der Waals surface area (Å²) in [5, 5.41) is 29.1. The van der Waals surface area contributed by atoms with Crippen molar-refractivity contribution in [2.45, 2.75) is 240 Å². The maximum atomic E-state index is 13.4. The van der Waals surface area contributed by atoms with Gasteiger partial charge in [0.15, 0.2) is 0 Å². The van der Waals surface area contributed by atoms with Gasteiger partial charge in [-0.25, -0.2) is 0 Å². The molecule has 4 aromatic carbocycles. The van der Waals surface area contributed by atoms with E-state index in [1.165, 1.54) is 0 Å². The quantitative estimate of drug-likeness (QED) is 0.0365. The van der Waals surface area contributed by atoms with Gasteiger partial charge in [0, 0.05) is 22.3 Å². The average Bonchev–Trinajstić information content (AvgIpc) is 0.777. The van der Waals surface area contributed by atoms with E-state index >= 15 is 0 Å². The fourth-order valence-electron chi connectivity index (χ4n) is 13.5. The molecule has 0 unspecified atom stereocenters. The van der Waals surface area contributed by atoms with Crippen LogP contribution in [0.25, 0.3) is 0 Å². The Bertz CT molecular complexity index is 3220. The van der Waals surface area contributed by atoms with Gasteiger partial charge < -0.3 is 20.1 Å². The van der Waals surface area contributed by atoms with Crippen LogP contribution in [-0.2, 0) is 59.1 Å². The summed E-state index contributed by atoms with van der Waals surface area (Å²) in [5.41, 5.74) is -7.48. The van der Waals surface area contributed by atoms with Crippen molar-refractivity contribution < 1.29 is 127 Å². The summed E-state index contributed by atoms with van der Waals surface area (Å²) < 4.78 is 261. The zero-order valence-electron chi connectivity index (χ0n) is 54.8. The number of hydrogen-bond acceptors (Lipinski definition) is 5. The van der Waals surface area contributed by atoms with E-state index in [1.54, 1.807) is 0 Å². The highest BCUT2D eigenvalue weighted by atomic mass is 19.4. The van der Waals surface area contributed by atoms with Crippen molar-refractivity contribution in [3.8, 4) is 5.75 Å². The number of carbonyl (C=O) groups is 4. The van der Waals surface area contributed by atoms with Gasteiger partial charge in [-0.3, -0.25) is 19.2 Å². The highest BCUT2D eigenvalue weighted by Crippen LogP contribution is 2.51. The summed E-state index contributed by atoms with van der Waals surface area (Å²) in [5.74, 6) is -21.9. The van der Waals surface area contributed by atoms with Crippen molar-refractivity contribution in [2.75, 3.05) is 0 Å². The molecular formula is C71H82F20O8. The van der Waals surface area contributed by atoms with E-state index in [-0.39, 0.29) is 22.8 Å². The molecule has 0 atom stereocenters. The molecule has 0 saturated heterocycles. The highest BCUT2D eigenvalue weighted by molar-refractivity contribution is 5.83. The van der Waals surface area contributed by atoms with Gasteiger partial charge in [-0.1, -0.05) is 145 Å². The molecule has 0 amide bonds. The zero-order chi connectivity index (χ0) is 74.6. The van der Waals surface area contributed by atoms with Crippen molar-refractivity contribution in [1.82, 2.24) is 0 Å². The fourth-order valence-corrected chi connectivity index (χ4v) is 13.5. The standard InChI is InChI=1S/C20H25F5O2.C18H21F5O2.C17H19F5O2.C16H17F5O2/c1-2-3-4-5-14-10-12-18(13-11-14,17(26)27)15-6-8-16(9-7-15)19(21,22)20(23,24)25;1-2-3-12-8-10-16(11-9-12,15(24)25)13-4-6-14(7-5-13)17(19,20)18(21,22)23;1-2-11-7-9-15(10-8-11,14(23)24)12-3-5-13(6-4-12)16(18,19)17(20,21)22;1-10-2-4-11(5-3-10)14(22)23-13-8-6-12(7-9-13)15(17,18)16(19,20)21/h6-9,14H,2-5,10-13H2,1H3,(H,26,27);4-7,12H,2-3,8-11H2,1H3,(H,24,25);3-6,11H,2,7-10H2,1H3,(H,23,24);6-11H,2-5H2,1H3. The Kier molecular flexibility index (Phi) is 27.7. The van der Waals surface area contributed by atoms with Crippen molar-refractivity contribution >= 4 is 23.9 Å². The van der Waals surface area contributed by atoms with Crippen LogP contribution >= 0.6 is 0 Å². The zero-order valence-corrected chi connectivity index (χ0v) is 54.8. The number of alkyl halides is 20. The lowest BCUT2D eigenvalue weighted by Crippen LogP contribution is -2.40. The lowest BCUT2D eigenvalue weighted by Gasteiger charge is -2.37.